The van der Waals surface area contributed by atoms with Crippen LogP contribution < -0.4 is 0 Å². The molecular formula is C24H29Br2NO9. The van der Waals surface area contributed by atoms with Crippen molar-refractivity contribution in [2.24, 2.45) is 23.2 Å². The number of carbonyl (C=O) groups is 5. The van der Waals surface area contributed by atoms with Gasteiger partial charge in [-0.2, -0.15) is 0 Å². The van der Waals surface area contributed by atoms with Gasteiger partial charge in [-0.3, -0.25) is 28.9 Å². The Bertz CT molecular complexity index is 1010. The van der Waals surface area contributed by atoms with Crippen LogP contribution in [-0.4, -0.2) is 81.3 Å². The summed E-state index contributed by atoms with van der Waals surface area (Å²) in [6.45, 7) is 6.64. The first-order chi connectivity index (χ1) is 16.5. The first-order valence-corrected chi connectivity index (χ1v) is 13.2. The van der Waals surface area contributed by atoms with Gasteiger partial charge in [-0.25, -0.2) is 0 Å². The number of likely N-dealkylation sites (tertiary alicyclic amines) is 1. The highest BCUT2D eigenvalue weighted by molar-refractivity contribution is 9.10. The van der Waals surface area contributed by atoms with Crippen molar-refractivity contribution in [3.8, 4) is 0 Å². The summed E-state index contributed by atoms with van der Waals surface area (Å²) in [5.74, 6) is -3.64. The van der Waals surface area contributed by atoms with Crippen molar-refractivity contribution in [3.63, 3.8) is 0 Å². The average molecular weight is 635 g/mol. The minimum Gasteiger partial charge on any atom is -0.463 e. The molecular weight excluding hydrogens is 606 g/mol. The third-order valence-electron chi connectivity index (χ3n) is 7.06. The van der Waals surface area contributed by atoms with E-state index in [1.807, 2.05) is 12.2 Å². The van der Waals surface area contributed by atoms with E-state index in [1.165, 1.54) is 6.92 Å². The molecule has 10 nitrogen and oxygen atoms in total. The number of rotatable bonds is 10. The van der Waals surface area contributed by atoms with Crippen LogP contribution in [0.5, 0.6) is 0 Å². The van der Waals surface area contributed by atoms with E-state index in [0.29, 0.717) is 0 Å². The van der Waals surface area contributed by atoms with Gasteiger partial charge in [-0.1, -0.05) is 44.0 Å². The lowest BCUT2D eigenvalue weighted by Gasteiger charge is -2.29. The van der Waals surface area contributed by atoms with E-state index < -0.39 is 62.6 Å². The third-order valence-corrected chi connectivity index (χ3v) is 7.71. The maximum absolute atomic E-state index is 13.0. The Morgan fingerprint density at radius 3 is 1.92 bits per heavy atom. The lowest BCUT2D eigenvalue weighted by molar-refractivity contribution is -0.172. The van der Waals surface area contributed by atoms with Gasteiger partial charge in [-0.05, 0) is 34.6 Å². The number of esters is 3. The van der Waals surface area contributed by atoms with E-state index in [9.17, 15) is 24.0 Å². The molecule has 36 heavy (non-hydrogen) atoms. The minimum absolute atomic E-state index is 0.0819. The first-order valence-electron chi connectivity index (χ1n) is 11.6. The SMILES string of the molecule is CC(C)(Br)C(=O)OCC(C)(COC(=O)C(C)(C)Br)C(=O)OCCN1C(=O)C2C(C1=O)C1OC13C=CC23. The quantitative estimate of drug-likeness (QED) is 0.0884. The zero-order chi connectivity index (χ0) is 26.8. The van der Waals surface area contributed by atoms with Crippen LogP contribution in [0.4, 0.5) is 0 Å². The van der Waals surface area contributed by atoms with Crippen molar-refractivity contribution in [2.45, 2.75) is 55.0 Å². The van der Waals surface area contributed by atoms with E-state index in [4.69, 9.17) is 18.9 Å². The summed E-state index contributed by atoms with van der Waals surface area (Å²) in [6, 6.07) is 0. The van der Waals surface area contributed by atoms with E-state index in [1.54, 1.807) is 27.7 Å². The summed E-state index contributed by atoms with van der Waals surface area (Å²) in [5, 5.41) is 0. The highest BCUT2D eigenvalue weighted by Gasteiger charge is 2.80. The van der Waals surface area contributed by atoms with Gasteiger partial charge in [0.2, 0.25) is 11.8 Å². The van der Waals surface area contributed by atoms with Gasteiger partial charge >= 0.3 is 17.9 Å². The molecule has 2 saturated heterocycles. The van der Waals surface area contributed by atoms with Crippen molar-refractivity contribution in [1.29, 1.82) is 0 Å². The Morgan fingerprint density at radius 2 is 1.44 bits per heavy atom. The predicted octanol–water partition coefficient (Wildman–Crippen LogP) is 1.91. The molecule has 2 aliphatic carbocycles. The molecule has 0 radical (unpaired) electrons. The van der Waals surface area contributed by atoms with Crippen LogP contribution in [-0.2, 0) is 42.9 Å². The van der Waals surface area contributed by atoms with Crippen LogP contribution >= 0.6 is 31.9 Å². The highest BCUT2D eigenvalue weighted by Crippen LogP contribution is 2.67. The molecule has 4 aliphatic rings. The Labute approximate surface area is 225 Å². The fraction of sp³-hybridized carbons (Fsp3) is 0.708. The smallest absolute Gasteiger partial charge is 0.322 e. The van der Waals surface area contributed by atoms with Gasteiger partial charge in [0.25, 0.3) is 0 Å². The van der Waals surface area contributed by atoms with Crippen LogP contribution in [0.1, 0.15) is 34.6 Å². The molecule has 12 heteroatoms. The maximum atomic E-state index is 13.0. The monoisotopic (exact) mass is 633 g/mol. The second kappa shape index (κ2) is 8.90. The fourth-order valence-corrected chi connectivity index (χ4v) is 5.02. The van der Waals surface area contributed by atoms with E-state index in [2.05, 4.69) is 31.9 Å². The van der Waals surface area contributed by atoms with Crippen molar-refractivity contribution in [3.05, 3.63) is 12.2 Å². The van der Waals surface area contributed by atoms with Crippen LogP contribution in [0, 0.1) is 23.2 Å². The number of hydrogen-bond donors (Lipinski definition) is 0. The molecule has 2 aliphatic heterocycles. The summed E-state index contributed by atoms with van der Waals surface area (Å²) in [7, 11) is 0. The lowest BCUT2D eigenvalue weighted by Crippen LogP contribution is -2.44. The van der Waals surface area contributed by atoms with Crippen molar-refractivity contribution < 1.29 is 42.9 Å². The van der Waals surface area contributed by atoms with Crippen molar-refractivity contribution in [2.75, 3.05) is 26.4 Å². The van der Waals surface area contributed by atoms with E-state index >= 15 is 0 Å². The van der Waals surface area contributed by atoms with E-state index in [-0.39, 0.29) is 37.0 Å². The van der Waals surface area contributed by atoms with Gasteiger partial charge in [0.05, 0.1) is 18.4 Å². The Balaban J connectivity index is 1.36. The molecule has 0 aromatic rings. The van der Waals surface area contributed by atoms with Crippen molar-refractivity contribution in [1.82, 2.24) is 4.90 Å². The molecule has 1 spiro atoms. The lowest BCUT2D eigenvalue weighted by atomic mass is 9.78. The van der Waals surface area contributed by atoms with Gasteiger partial charge in [0, 0.05) is 5.92 Å². The summed E-state index contributed by atoms with van der Waals surface area (Å²) in [5.41, 5.74) is -1.95. The maximum Gasteiger partial charge on any atom is 0.322 e. The Morgan fingerprint density at radius 1 is 0.917 bits per heavy atom. The molecule has 5 atom stereocenters. The summed E-state index contributed by atoms with van der Waals surface area (Å²) >= 11 is 6.40. The average Bonchev–Trinajstić information content (AvgIpc) is 3.43. The first kappa shape index (κ1) is 27.3. The summed E-state index contributed by atoms with van der Waals surface area (Å²) in [4.78, 5) is 64.5. The van der Waals surface area contributed by atoms with Gasteiger partial charge < -0.3 is 18.9 Å². The number of fused-ring (bicyclic) bond motifs is 3. The number of alkyl halides is 2. The zero-order valence-electron chi connectivity index (χ0n) is 20.7. The normalized spacial score (nSPS) is 30.2. The predicted molar refractivity (Wildman–Crippen MR) is 131 cm³/mol. The Hall–Kier alpha value is -1.79. The molecule has 198 valence electrons. The van der Waals surface area contributed by atoms with Crippen molar-refractivity contribution >= 4 is 61.6 Å². The number of nitrogens with zero attached hydrogens (tertiary/aromatic N) is 1. The molecule has 5 unspecified atom stereocenters. The van der Waals surface area contributed by atoms with Gasteiger partial charge in [-0.15, -0.1) is 0 Å². The zero-order valence-corrected chi connectivity index (χ0v) is 23.8. The largest absolute Gasteiger partial charge is 0.463 e. The molecule has 2 amide bonds. The topological polar surface area (TPSA) is 129 Å². The molecule has 0 aromatic carbocycles. The fourth-order valence-electron chi connectivity index (χ4n) is 4.79. The van der Waals surface area contributed by atoms with Crippen LogP contribution in [0.2, 0.25) is 0 Å². The van der Waals surface area contributed by atoms with Crippen LogP contribution in [0.15, 0.2) is 12.2 Å². The highest BCUT2D eigenvalue weighted by atomic mass is 79.9. The van der Waals surface area contributed by atoms with E-state index in [0.717, 1.165) is 4.90 Å². The number of imide groups is 1. The summed E-state index contributed by atoms with van der Waals surface area (Å²) < 4.78 is 19.7. The third kappa shape index (κ3) is 4.53. The number of epoxide rings is 1. The molecule has 3 fully saturated rings. The molecule has 0 aromatic heterocycles. The number of amides is 2. The molecule has 0 bridgehead atoms. The van der Waals surface area contributed by atoms with Crippen LogP contribution in [0.3, 0.4) is 0 Å². The molecule has 0 N–H and O–H groups in total. The number of carbonyl (C=O) groups excluding carboxylic acids is 5. The minimum atomic E-state index is -1.52. The standard InChI is InChI=1S/C24H29Br2NO9/c1-21(2,25)18(30)34-10-23(5,11-35-19(31)22(3,4)26)20(32)33-9-8-27-16(28)13-12-6-7-24(12)15(36-24)14(13)17(27)29/h6-7,12-15H,8-11H2,1-5H3. The second-order valence-electron chi connectivity index (χ2n) is 11.0. The number of halogens is 2. The molecule has 2 heterocycles. The second-order valence-corrected chi connectivity index (χ2v) is 14.9. The molecule has 1 saturated carbocycles. The van der Waals surface area contributed by atoms with Gasteiger partial charge in [0.1, 0.15) is 45.6 Å². The Kier molecular flexibility index (Phi) is 6.74. The molecule has 4 rings (SSSR count). The number of hydrogen-bond acceptors (Lipinski definition) is 9. The summed E-state index contributed by atoms with van der Waals surface area (Å²) in [6.07, 6.45) is 3.57. The van der Waals surface area contributed by atoms with Crippen LogP contribution in [0.25, 0.3) is 0 Å². The van der Waals surface area contributed by atoms with Gasteiger partial charge in [0.15, 0.2) is 0 Å². The number of ether oxygens (including phenoxy) is 4.